The van der Waals surface area contributed by atoms with Crippen molar-refractivity contribution in [1.82, 2.24) is 0 Å². The smallest absolute Gasteiger partial charge is 0.231 e. The van der Waals surface area contributed by atoms with E-state index in [2.05, 4.69) is 0 Å². The number of benzene rings is 2. The molecule has 0 saturated heterocycles. The molecule has 144 valence electrons. The van der Waals surface area contributed by atoms with Gasteiger partial charge in [0.25, 0.3) is 0 Å². The highest BCUT2D eigenvalue weighted by Crippen LogP contribution is 2.43. The molecule has 3 rings (SSSR count). The molecule has 0 bridgehead atoms. The van der Waals surface area contributed by atoms with Crippen LogP contribution in [0.5, 0.6) is 28.7 Å². The number of hydrogen-bond acceptors (Lipinski definition) is 7. The second-order valence-corrected chi connectivity index (χ2v) is 5.88. The fourth-order valence-corrected chi connectivity index (χ4v) is 3.01. The number of fused-ring (bicyclic) bond motifs is 1. The highest BCUT2D eigenvalue weighted by Gasteiger charge is 2.30. The van der Waals surface area contributed by atoms with E-state index >= 15 is 0 Å². The van der Waals surface area contributed by atoms with Crippen LogP contribution in [0.1, 0.15) is 21.5 Å². The molecule has 0 fully saturated rings. The molecule has 0 aliphatic carbocycles. The van der Waals surface area contributed by atoms with Gasteiger partial charge in [0.1, 0.15) is 17.6 Å². The summed E-state index contributed by atoms with van der Waals surface area (Å²) >= 11 is 0. The number of Topliss-reactive ketones (excluding diaryl/α,β-unsaturated/α-hetero) is 1. The number of carbonyl (C=O) groups excluding carboxylic acids is 1. The average Bonchev–Trinajstić information content (AvgIpc) is 3.03. The number of rotatable bonds is 6. The van der Waals surface area contributed by atoms with Crippen molar-refractivity contribution in [3.8, 4) is 34.8 Å². The van der Waals surface area contributed by atoms with Crippen LogP contribution in [0.4, 0.5) is 0 Å². The number of nitriles is 1. The highest BCUT2D eigenvalue weighted by atomic mass is 16.5. The molecular weight excluding hydrogens is 362 g/mol. The minimum Gasteiger partial charge on any atom is -0.493 e. The van der Waals surface area contributed by atoms with E-state index in [-0.39, 0.29) is 18.1 Å². The third-order valence-electron chi connectivity index (χ3n) is 4.35. The Morgan fingerprint density at radius 3 is 2.39 bits per heavy atom. The van der Waals surface area contributed by atoms with Crippen molar-refractivity contribution in [2.45, 2.75) is 6.92 Å². The van der Waals surface area contributed by atoms with Crippen LogP contribution in [0.15, 0.2) is 30.0 Å². The molecule has 1 heterocycles. The van der Waals surface area contributed by atoms with E-state index in [1.807, 2.05) is 6.07 Å². The summed E-state index contributed by atoms with van der Waals surface area (Å²) in [5.74, 6) is 2.19. The molecule has 7 nitrogen and oxygen atoms in total. The zero-order chi connectivity index (χ0) is 20.3. The Hall–Kier alpha value is -3.66. The van der Waals surface area contributed by atoms with E-state index in [0.717, 1.165) is 0 Å². The van der Waals surface area contributed by atoms with Crippen LogP contribution < -0.4 is 23.7 Å². The van der Waals surface area contributed by atoms with Gasteiger partial charge in [0.15, 0.2) is 23.9 Å². The predicted octanol–water partition coefficient (Wildman–Crippen LogP) is 3.54. The molecule has 1 aliphatic rings. The first-order chi connectivity index (χ1) is 13.5. The number of nitrogens with zero attached hydrogens (tertiary/aromatic N) is 1. The first kappa shape index (κ1) is 19.1. The van der Waals surface area contributed by atoms with Crippen LogP contribution in [-0.4, -0.2) is 33.7 Å². The minimum absolute atomic E-state index is 0.0842. The zero-order valence-corrected chi connectivity index (χ0v) is 16.0. The normalized spacial score (nSPS) is 13.5. The van der Waals surface area contributed by atoms with Crippen molar-refractivity contribution in [2.75, 3.05) is 27.9 Å². The van der Waals surface area contributed by atoms with Crippen molar-refractivity contribution in [2.24, 2.45) is 0 Å². The molecule has 0 N–H and O–H groups in total. The van der Waals surface area contributed by atoms with Crippen LogP contribution in [0, 0.1) is 18.3 Å². The molecular formula is C21H19NO6. The van der Waals surface area contributed by atoms with Crippen LogP contribution in [0.3, 0.4) is 0 Å². The molecule has 2 aromatic carbocycles. The maximum atomic E-state index is 12.8. The van der Waals surface area contributed by atoms with Crippen molar-refractivity contribution in [3.05, 3.63) is 46.7 Å². The summed E-state index contributed by atoms with van der Waals surface area (Å²) in [7, 11) is 4.55. The lowest BCUT2D eigenvalue weighted by atomic mass is 10.1. The number of carbonyl (C=O) groups is 1. The Kier molecular flexibility index (Phi) is 5.41. The van der Waals surface area contributed by atoms with Crippen LogP contribution in [0.2, 0.25) is 0 Å². The number of hydrogen-bond donors (Lipinski definition) is 0. The molecule has 0 amide bonds. The monoisotopic (exact) mass is 381 g/mol. The van der Waals surface area contributed by atoms with Crippen LogP contribution >= 0.6 is 0 Å². The SMILES string of the molecule is COc1ccc(/C=C2\Oc3c(ccc(OCC#N)c3C)C2=O)c(OC)c1OC. The van der Waals surface area contributed by atoms with Crippen molar-refractivity contribution < 1.29 is 28.5 Å². The lowest BCUT2D eigenvalue weighted by Gasteiger charge is -2.14. The van der Waals surface area contributed by atoms with Gasteiger partial charge < -0.3 is 23.7 Å². The van der Waals surface area contributed by atoms with Crippen molar-refractivity contribution in [1.29, 1.82) is 5.26 Å². The van der Waals surface area contributed by atoms with E-state index in [9.17, 15) is 4.79 Å². The molecule has 0 aromatic heterocycles. The summed E-state index contributed by atoms with van der Waals surface area (Å²) in [6.07, 6.45) is 1.60. The van der Waals surface area contributed by atoms with E-state index in [0.29, 0.717) is 45.4 Å². The first-order valence-corrected chi connectivity index (χ1v) is 8.42. The third kappa shape index (κ3) is 3.21. The lowest BCUT2D eigenvalue weighted by molar-refractivity contribution is 0.101. The third-order valence-corrected chi connectivity index (χ3v) is 4.35. The summed E-state index contributed by atoms with van der Waals surface area (Å²) in [6.45, 7) is 1.69. The molecule has 0 spiro atoms. The fraction of sp³-hybridized carbons (Fsp3) is 0.238. The molecule has 0 radical (unpaired) electrons. The Labute approximate surface area is 162 Å². The molecule has 0 saturated carbocycles. The summed E-state index contributed by atoms with van der Waals surface area (Å²) < 4.78 is 27.3. The van der Waals surface area contributed by atoms with Gasteiger partial charge in [-0.1, -0.05) is 0 Å². The molecule has 0 atom stereocenters. The zero-order valence-electron chi connectivity index (χ0n) is 16.0. The van der Waals surface area contributed by atoms with Crippen molar-refractivity contribution in [3.63, 3.8) is 0 Å². The number of ether oxygens (including phenoxy) is 5. The van der Waals surface area contributed by atoms with Gasteiger partial charge in [-0.2, -0.15) is 5.26 Å². The Morgan fingerprint density at radius 2 is 1.75 bits per heavy atom. The number of allylic oxidation sites excluding steroid dienone is 1. The maximum absolute atomic E-state index is 12.8. The highest BCUT2D eigenvalue weighted by molar-refractivity contribution is 6.15. The molecule has 28 heavy (non-hydrogen) atoms. The van der Waals surface area contributed by atoms with Gasteiger partial charge in [-0.3, -0.25) is 4.79 Å². The summed E-state index contributed by atoms with van der Waals surface area (Å²) in [4.78, 5) is 12.8. The topological polar surface area (TPSA) is 87.0 Å². The Morgan fingerprint density at radius 1 is 1.04 bits per heavy atom. The predicted molar refractivity (Wildman–Crippen MR) is 101 cm³/mol. The van der Waals surface area contributed by atoms with Gasteiger partial charge in [-0.05, 0) is 37.3 Å². The Balaban J connectivity index is 2.02. The number of ketones is 1. The Bertz CT molecular complexity index is 1000. The van der Waals surface area contributed by atoms with Gasteiger partial charge in [0, 0.05) is 11.1 Å². The lowest BCUT2D eigenvalue weighted by Crippen LogP contribution is -2.00. The first-order valence-electron chi connectivity index (χ1n) is 8.42. The molecule has 1 aliphatic heterocycles. The summed E-state index contributed by atoms with van der Waals surface area (Å²) in [6, 6.07) is 8.68. The van der Waals surface area contributed by atoms with Gasteiger partial charge in [0.05, 0.1) is 26.9 Å². The molecule has 7 heteroatoms. The quantitative estimate of drug-likeness (QED) is 0.707. The maximum Gasteiger partial charge on any atom is 0.231 e. The van der Waals surface area contributed by atoms with Crippen LogP contribution in [-0.2, 0) is 0 Å². The van der Waals surface area contributed by atoms with Gasteiger partial charge >= 0.3 is 0 Å². The van der Waals surface area contributed by atoms with Gasteiger partial charge in [-0.15, -0.1) is 0 Å². The fourth-order valence-electron chi connectivity index (χ4n) is 3.01. The average molecular weight is 381 g/mol. The van der Waals surface area contributed by atoms with E-state index in [1.165, 1.54) is 21.3 Å². The van der Waals surface area contributed by atoms with E-state index in [1.54, 1.807) is 37.3 Å². The van der Waals surface area contributed by atoms with Crippen molar-refractivity contribution >= 4 is 11.9 Å². The molecule has 2 aromatic rings. The summed E-state index contributed by atoms with van der Waals surface area (Å²) in [5, 5.41) is 8.69. The second kappa shape index (κ2) is 7.92. The van der Waals surface area contributed by atoms with Gasteiger partial charge in [0.2, 0.25) is 11.5 Å². The van der Waals surface area contributed by atoms with Gasteiger partial charge in [-0.25, -0.2) is 0 Å². The number of methoxy groups -OCH3 is 3. The largest absolute Gasteiger partial charge is 0.493 e. The van der Waals surface area contributed by atoms with E-state index in [4.69, 9.17) is 28.9 Å². The minimum atomic E-state index is -0.248. The molecule has 0 unspecified atom stereocenters. The van der Waals surface area contributed by atoms with Crippen LogP contribution in [0.25, 0.3) is 6.08 Å². The van der Waals surface area contributed by atoms with E-state index < -0.39 is 0 Å². The summed E-state index contributed by atoms with van der Waals surface area (Å²) in [5.41, 5.74) is 1.70. The standard InChI is InChI=1S/C21H19NO6/c1-12-15(27-10-9-22)8-6-14-18(23)17(28-19(12)14)11-13-5-7-16(24-2)21(26-4)20(13)25-3/h5-8,11H,10H2,1-4H3/b17-11-. The second-order valence-electron chi connectivity index (χ2n) is 5.88.